The minimum atomic E-state index is -3.09. The van der Waals surface area contributed by atoms with E-state index in [0.29, 0.717) is 18.9 Å². The zero-order valence-corrected chi connectivity index (χ0v) is 23.8. The number of methoxy groups -OCH3 is 1. The largest absolute Gasteiger partial charge is 0.497 e. The van der Waals surface area contributed by atoms with Crippen LogP contribution in [0.4, 0.5) is 33.5 Å². The maximum absolute atomic E-state index is 15.4. The van der Waals surface area contributed by atoms with E-state index in [0.717, 1.165) is 64.9 Å². The summed E-state index contributed by atoms with van der Waals surface area (Å²) in [7, 11) is 4.44. The number of likely N-dealkylation sites (N-methyl/N-ethyl adjacent to an activating group) is 1. The highest BCUT2D eigenvalue weighted by Crippen LogP contribution is 2.34. The van der Waals surface area contributed by atoms with E-state index in [9.17, 15) is 18.4 Å². The minimum Gasteiger partial charge on any atom is -0.497 e. The number of hydrogen-bond acceptors (Lipinski definition) is 7. The second-order valence-electron chi connectivity index (χ2n) is 9.95. The molecule has 1 aliphatic heterocycles. The summed E-state index contributed by atoms with van der Waals surface area (Å²) in [6.07, 6.45) is 0. The predicted octanol–water partition coefficient (Wildman–Crippen LogP) is 4.27. The van der Waals surface area contributed by atoms with Gasteiger partial charge < -0.3 is 24.6 Å². The van der Waals surface area contributed by atoms with Gasteiger partial charge in [0.05, 0.1) is 12.7 Å². The lowest BCUT2D eigenvalue weighted by Crippen LogP contribution is -2.45. The Labute approximate surface area is 247 Å². The molecule has 232 valence electrons. The Morgan fingerprint density at radius 1 is 0.909 bits per heavy atom. The Morgan fingerprint density at radius 2 is 1.55 bits per heavy atom. The van der Waals surface area contributed by atoms with Crippen molar-refractivity contribution in [3.63, 3.8) is 0 Å². The summed E-state index contributed by atoms with van der Waals surface area (Å²) in [6.45, 7) is -0.453. The van der Waals surface area contributed by atoms with Crippen molar-refractivity contribution in [2.24, 2.45) is 7.05 Å². The van der Waals surface area contributed by atoms with Crippen LogP contribution < -0.4 is 25.2 Å². The molecule has 0 radical (unpaired) electrons. The molecule has 5 rings (SSSR count). The molecule has 4 aromatic rings. The lowest BCUT2D eigenvalue weighted by atomic mass is 10.1. The summed E-state index contributed by atoms with van der Waals surface area (Å²) in [4.78, 5) is 35.5. The first-order chi connectivity index (χ1) is 21.0. The molecule has 0 bridgehead atoms. The molecular formula is C29H27F5N6O4. The summed E-state index contributed by atoms with van der Waals surface area (Å²) in [5, 5.41) is 2.36. The summed E-state index contributed by atoms with van der Waals surface area (Å²) >= 11 is 0. The summed E-state index contributed by atoms with van der Waals surface area (Å²) < 4.78 is 82.1. The number of nitrogens with zero attached hydrogens (tertiary/aromatic N) is 5. The van der Waals surface area contributed by atoms with E-state index in [1.807, 2.05) is 11.9 Å². The molecule has 1 saturated heterocycles. The molecule has 1 N–H and O–H groups in total. The molecule has 3 heterocycles. The second kappa shape index (κ2) is 12.4. The number of pyridine rings is 1. The predicted molar refractivity (Wildman–Crippen MR) is 151 cm³/mol. The molecule has 0 atom stereocenters. The van der Waals surface area contributed by atoms with E-state index in [4.69, 9.17) is 4.74 Å². The second-order valence-corrected chi connectivity index (χ2v) is 9.95. The number of amides is 1. The van der Waals surface area contributed by atoms with Crippen molar-refractivity contribution in [2.75, 3.05) is 50.6 Å². The molecule has 1 fully saturated rings. The minimum absolute atomic E-state index is 0.0931. The SMILES string of the molecule is COc1cc(F)c(-c2c(NC(=O)c3ccc(OC(F)F)cc3)c(=O)n(-c3nc(N4CCN(C)CC4)ccc3F)n2C)c(F)c1. The zero-order chi connectivity index (χ0) is 31.7. The van der Waals surface area contributed by atoms with Crippen molar-refractivity contribution >= 4 is 17.4 Å². The van der Waals surface area contributed by atoms with Crippen LogP contribution in [0.2, 0.25) is 0 Å². The van der Waals surface area contributed by atoms with Crippen molar-refractivity contribution in [1.29, 1.82) is 0 Å². The number of piperazine rings is 1. The van der Waals surface area contributed by atoms with Crippen molar-refractivity contribution in [3.05, 3.63) is 81.9 Å². The topological polar surface area (TPSA) is 93.9 Å². The van der Waals surface area contributed by atoms with E-state index in [2.05, 4.69) is 19.9 Å². The van der Waals surface area contributed by atoms with Crippen molar-refractivity contribution in [3.8, 4) is 28.6 Å². The highest BCUT2D eigenvalue weighted by molar-refractivity contribution is 6.06. The lowest BCUT2D eigenvalue weighted by Gasteiger charge is -2.33. The van der Waals surface area contributed by atoms with Crippen LogP contribution in [-0.4, -0.2) is 72.1 Å². The van der Waals surface area contributed by atoms with Gasteiger partial charge in [-0.25, -0.2) is 18.2 Å². The van der Waals surface area contributed by atoms with Gasteiger partial charge in [-0.1, -0.05) is 0 Å². The number of carbonyl (C=O) groups is 1. The average molecular weight is 619 g/mol. The van der Waals surface area contributed by atoms with Crippen LogP contribution in [0.1, 0.15) is 10.4 Å². The molecule has 0 unspecified atom stereocenters. The first-order valence-electron chi connectivity index (χ1n) is 13.3. The van der Waals surface area contributed by atoms with Crippen LogP contribution >= 0.6 is 0 Å². The Hall–Kier alpha value is -4.92. The number of aromatic nitrogens is 3. The third kappa shape index (κ3) is 5.95. The molecule has 15 heteroatoms. The fourth-order valence-corrected chi connectivity index (χ4v) is 4.89. The van der Waals surface area contributed by atoms with Crippen molar-refractivity contribution < 1.29 is 36.2 Å². The van der Waals surface area contributed by atoms with E-state index >= 15 is 13.2 Å². The molecular weight excluding hydrogens is 591 g/mol. The van der Waals surface area contributed by atoms with Gasteiger partial charge in [-0.15, -0.1) is 0 Å². The van der Waals surface area contributed by atoms with Crippen LogP contribution in [0.5, 0.6) is 11.5 Å². The van der Waals surface area contributed by atoms with Gasteiger partial charge >= 0.3 is 6.61 Å². The molecule has 0 saturated carbocycles. The Morgan fingerprint density at radius 3 is 2.14 bits per heavy atom. The smallest absolute Gasteiger partial charge is 0.387 e. The number of anilines is 2. The van der Waals surface area contributed by atoms with Crippen LogP contribution in [0, 0.1) is 17.5 Å². The van der Waals surface area contributed by atoms with Gasteiger partial charge in [-0.3, -0.25) is 14.3 Å². The highest BCUT2D eigenvalue weighted by Gasteiger charge is 2.29. The summed E-state index contributed by atoms with van der Waals surface area (Å²) in [6, 6.07) is 8.90. The van der Waals surface area contributed by atoms with Gasteiger partial charge in [0.2, 0.25) is 0 Å². The zero-order valence-electron chi connectivity index (χ0n) is 23.8. The van der Waals surface area contributed by atoms with Gasteiger partial charge in [0.1, 0.15) is 40.3 Å². The summed E-state index contributed by atoms with van der Waals surface area (Å²) in [5.41, 5.74) is -2.84. The number of benzene rings is 2. The third-order valence-electron chi connectivity index (χ3n) is 7.18. The Kier molecular flexibility index (Phi) is 8.58. The van der Waals surface area contributed by atoms with E-state index in [-0.39, 0.29) is 17.1 Å². The van der Waals surface area contributed by atoms with Crippen LogP contribution in [0.3, 0.4) is 0 Å². The van der Waals surface area contributed by atoms with Crippen molar-refractivity contribution in [1.82, 2.24) is 19.2 Å². The average Bonchev–Trinajstić information content (AvgIpc) is 3.21. The Balaban J connectivity index is 1.64. The van der Waals surface area contributed by atoms with Crippen LogP contribution in [0.25, 0.3) is 17.1 Å². The number of hydrogen-bond donors (Lipinski definition) is 1. The number of rotatable bonds is 8. The van der Waals surface area contributed by atoms with Crippen molar-refractivity contribution in [2.45, 2.75) is 6.61 Å². The monoisotopic (exact) mass is 618 g/mol. The first kappa shape index (κ1) is 30.5. The van der Waals surface area contributed by atoms with Gasteiger partial charge in [0.15, 0.2) is 11.6 Å². The molecule has 44 heavy (non-hydrogen) atoms. The molecule has 10 nitrogen and oxygen atoms in total. The summed E-state index contributed by atoms with van der Waals surface area (Å²) in [5.74, 6) is -4.52. The normalized spacial score (nSPS) is 13.8. The highest BCUT2D eigenvalue weighted by atomic mass is 19.3. The maximum atomic E-state index is 15.4. The molecule has 2 aromatic carbocycles. The number of carbonyl (C=O) groups excluding carboxylic acids is 1. The fraction of sp³-hybridized carbons (Fsp3) is 0.276. The van der Waals surface area contributed by atoms with E-state index in [1.54, 1.807) is 0 Å². The Bertz CT molecular complexity index is 1730. The third-order valence-corrected chi connectivity index (χ3v) is 7.18. The van der Waals surface area contributed by atoms with E-state index in [1.165, 1.54) is 20.2 Å². The van der Waals surface area contributed by atoms with Gasteiger partial charge in [0.25, 0.3) is 11.5 Å². The molecule has 2 aromatic heterocycles. The number of nitrogens with one attached hydrogen (secondary N) is 1. The quantitative estimate of drug-likeness (QED) is 0.295. The number of alkyl halides is 2. The van der Waals surface area contributed by atoms with Crippen LogP contribution in [0.15, 0.2) is 53.3 Å². The molecule has 1 amide bonds. The maximum Gasteiger partial charge on any atom is 0.387 e. The van der Waals surface area contributed by atoms with E-state index < -0.39 is 58.3 Å². The first-order valence-corrected chi connectivity index (χ1v) is 13.3. The number of halogens is 5. The van der Waals surface area contributed by atoms with Gasteiger partial charge in [0, 0.05) is 50.9 Å². The standard InChI is InChI=1S/C29H27F5N6O4/c1-37-10-12-39(13-11-37)22-9-8-19(30)26(35-22)40-28(42)24(36-27(41)16-4-6-17(7-5-16)44-29(33)34)25(38(40)2)23-20(31)14-18(43-3)15-21(23)32/h4-9,14-15,29H,10-13H2,1-3H3,(H,36,41). The van der Waals surface area contributed by atoms with Gasteiger partial charge in [-0.2, -0.15) is 13.5 Å². The fourth-order valence-electron chi connectivity index (χ4n) is 4.89. The number of ether oxygens (including phenoxy) is 2. The lowest BCUT2D eigenvalue weighted by molar-refractivity contribution is -0.0498. The molecule has 0 aliphatic carbocycles. The molecule has 1 aliphatic rings. The molecule has 0 spiro atoms. The van der Waals surface area contributed by atoms with Gasteiger partial charge in [-0.05, 0) is 43.4 Å². The van der Waals surface area contributed by atoms with Crippen LogP contribution in [-0.2, 0) is 7.05 Å².